The van der Waals surface area contributed by atoms with E-state index in [2.05, 4.69) is 13.8 Å². The van der Waals surface area contributed by atoms with Gasteiger partial charge in [0.25, 0.3) is 0 Å². The summed E-state index contributed by atoms with van der Waals surface area (Å²) in [6, 6.07) is 2.34. The van der Waals surface area contributed by atoms with Crippen molar-refractivity contribution in [1.29, 1.82) is 0 Å². The Labute approximate surface area is 130 Å². The van der Waals surface area contributed by atoms with E-state index in [1.807, 2.05) is 0 Å². The third kappa shape index (κ3) is 16.2. The smallest absolute Gasteiger partial charge is 0.172 e. The van der Waals surface area contributed by atoms with Gasteiger partial charge in [-0.2, -0.15) is 0 Å². The molecule has 0 amide bonds. The van der Waals surface area contributed by atoms with Crippen LogP contribution in [-0.2, 0) is 0 Å². The van der Waals surface area contributed by atoms with Crippen molar-refractivity contribution in [2.75, 3.05) is 0 Å². The molecule has 0 aliphatic rings. The third-order valence-corrected chi connectivity index (χ3v) is 6.43. The van der Waals surface area contributed by atoms with Crippen LogP contribution in [0, 0.1) is 0 Å². The molecule has 122 valence electrons. The summed E-state index contributed by atoms with van der Waals surface area (Å²) in [6.45, 7) is 4.54. The van der Waals surface area contributed by atoms with Crippen LogP contribution in [0.2, 0.25) is 12.1 Å². The molecule has 0 saturated heterocycles. The maximum Gasteiger partial charge on any atom is 0.172 e. The van der Waals surface area contributed by atoms with Crippen molar-refractivity contribution in [2.24, 2.45) is 0 Å². The second-order valence-corrected chi connectivity index (χ2v) is 8.94. The van der Waals surface area contributed by atoms with Crippen LogP contribution >= 0.6 is 0 Å². The zero-order chi connectivity index (χ0) is 14.9. The number of rotatable bonds is 16. The van der Waals surface area contributed by atoms with Crippen molar-refractivity contribution in [3.63, 3.8) is 0 Å². The Morgan fingerprint density at radius 2 is 0.800 bits per heavy atom. The Balaban J connectivity index is 3.11. The molecule has 0 rings (SSSR count). The monoisotopic (exact) mass is 300 g/mol. The molecule has 0 aromatic carbocycles. The first-order valence-corrected chi connectivity index (χ1v) is 11.6. The lowest BCUT2D eigenvalue weighted by Gasteiger charge is -2.08. The van der Waals surface area contributed by atoms with Gasteiger partial charge in [0, 0.05) is 0 Å². The zero-order valence-electron chi connectivity index (χ0n) is 14.3. The summed E-state index contributed by atoms with van der Waals surface area (Å²) in [5.41, 5.74) is 0. The molecule has 1 N–H and O–H groups in total. The molecule has 0 aromatic rings. The lowest BCUT2D eigenvalue weighted by atomic mass is 10.1. The van der Waals surface area contributed by atoms with Crippen LogP contribution in [0.3, 0.4) is 0 Å². The molecule has 2 heteroatoms. The number of hydrogen-bond donors (Lipinski definition) is 1. The van der Waals surface area contributed by atoms with E-state index in [4.69, 9.17) is 0 Å². The Bertz CT molecular complexity index is 155. The van der Waals surface area contributed by atoms with E-state index in [0.29, 0.717) is 0 Å². The van der Waals surface area contributed by atoms with E-state index < -0.39 is 9.04 Å². The van der Waals surface area contributed by atoms with Gasteiger partial charge in [-0.3, -0.25) is 0 Å². The highest BCUT2D eigenvalue weighted by atomic mass is 28.3. The van der Waals surface area contributed by atoms with Gasteiger partial charge in [0.2, 0.25) is 0 Å². The predicted octanol–water partition coefficient (Wildman–Crippen LogP) is 6.20. The van der Waals surface area contributed by atoms with Crippen LogP contribution in [-0.4, -0.2) is 13.8 Å². The highest BCUT2D eigenvalue weighted by molar-refractivity contribution is 6.50. The summed E-state index contributed by atoms with van der Waals surface area (Å²) in [5.74, 6) is 0. The van der Waals surface area contributed by atoms with Crippen molar-refractivity contribution >= 4 is 9.04 Å². The summed E-state index contributed by atoms with van der Waals surface area (Å²) in [6.07, 6.45) is 19.2. The summed E-state index contributed by atoms with van der Waals surface area (Å²) in [4.78, 5) is 10.1. The zero-order valence-corrected chi connectivity index (χ0v) is 15.5. The van der Waals surface area contributed by atoms with Crippen molar-refractivity contribution in [1.82, 2.24) is 0 Å². The van der Waals surface area contributed by atoms with Gasteiger partial charge in [-0.1, -0.05) is 104 Å². The van der Waals surface area contributed by atoms with Gasteiger partial charge in [-0.25, -0.2) is 0 Å². The fraction of sp³-hybridized carbons (Fsp3) is 1.00. The SMILES string of the molecule is CCCCCCCCC[SiH](O)CCCCCCCCC. The predicted molar refractivity (Wildman–Crippen MR) is 95.0 cm³/mol. The molecular formula is C18H40OSi. The van der Waals surface area contributed by atoms with Gasteiger partial charge in [0.1, 0.15) is 0 Å². The molecule has 1 nitrogen and oxygen atoms in total. The van der Waals surface area contributed by atoms with Crippen molar-refractivity contribution in [3.05, 3.63) is 0 Å². The molecule has 0 saturated carbocycles. The quantitative estimate of drug-likeness (QED) is 0.265. The number of unbranched alkanes of at least 4 members (excludes halogenated alkanes) is 12. The first-order chi connectivity index (χ1) is 9.81. The topological polar surface area (TPSA) is 20.2 Å². The molecule has 20 heavy (non-hydrogen) atoms. The fourth-order valence-electron chi connectivity index (χ4n) is 2.82. The molecule has 0 fully saturated rings. The van der Waals surface area contributed by atoms with E-state index in [1.165, 1.54) is 102 Å². The Kier molecular flexibility index (Phi) is 17.4. The average molecular weight is 301 g/mol. The first kappa shape index (κ1) is 20.2. The third-order valence-electron chi connectivity index (χ3n) is 4.28. The van der Waals surface area contributed by atoms with Gasteiger partial charge in [-0.15, -0.1) is 0 Å². The average Bonchev–Trinajstić information content (AvgIpc) is 2.45. The van der Waals surface area contributed by atoms with Crippen LogP contribution < -0.4 is 0 Å². The van der Waals surface area contributed by atoms with Crippen molar-refractivity contribution in [2.45, 2.75) is 116 Å². The maximum absolute atomic E-state index is 10.1. The van der Waals surface area contributed by atoms with E-state index in [1.54, 1.807) is 0 Å². The van der Waals surface area contributed by atoms with Crippen LogP contribution in [0.4, 0.5) is 0 Å². The molecule has 0 aliphatic carbocycles. The normalized spacial score (nSPS) is 11.4. The van der Waals surface area contributed by atoms with E-state index >= 15 is 0 Å². The summed E-state index contributed by atoms with van der Waals surface area (Å²) < 4.78 is 0. The van der Waals surface area contributed by atoms with Crippen LogP contribution in [0.1, 0.15) is 104 Å². The molecule has 0 aromatic heterocycles. The Morgan fingerprint density at radius 1 is 0.500 bits per heavy atom. The molecule has 0 bridgehead atoms. The standard InChI is InChI=1S/C18H40OSi/c1-3-5-7-9-11-13-15-17-20(19)18-16-14-12-10-8-6-4-2/h19-20H,3-18H2,1-2H3. The Morgan fingerprint density at radius 3 is 1.15 bits per heavy atom. The van der Waals surface area contributed by atoms with E-state index in [9.17, 15) is 4.80 Å². The molecule has 0 heterocycles. The minimum atomic E-state index is -1.33. The van der Waals surface area contributed by atoms with Crippen LogP contribution in [0.15, 0.2) is 0 Å². The summed E-state index contributed by atoms with van der Waals surface area (Å²) >= 11 is 0. The lowest BCUT2D eigenvalue weighted by Crippen LogP contribution is -2.10. The lowest BCUT2D eigenvalue weighted by molar-refractivity contribution is 0.538. The van der Waals surface area contributed by atoms with Gasteiger partial charge in [-0.05, 0) is 12.1 Å². The Hall–Kier alpha value is 0.177. The highest BCUT2D eigenvalue weighted by Gasteiger charge is 2.06. The summed E-state index contributed by atoms with van der Waals surface area (Å²) in [5, 5.41) is 0. The second kappa shape index (κ2) is 17.2. The molecule has 0 spiro atoms. The highest BCUT2D eigenvalue weighted by Crippen LogP contribution is 2.14. The van der Waals surface area contributed by atoms with Gasteiger partial charge < -0.3 is 4.80 Å². The van der Waals surface area contributed by atoms with Crippen molar-refractivity contribution in [3.8, 4) is 0 Å². The second-order valence-electron chi connectivity index (χ2n) is 6.47. The van der Waals surface area contributed by atoms with Gasteiger partial charge >= 0.3 is 0 Å². The van der Waals surface area contributed by atoms with Gasteiger partial charge in [0.15, 0.2) is 9.04 Å². The largest absolute Gasteiger partial charge is 0.435 e. The number of hydrogen-bond acceptors (Lipinski definition) is 1. The minimum absolute atomic E-state index is 1.17. The molecule has 0 atom stereocenters. The molecular weight excluding hydrogens is 260 g/mol. The molecule has 0 aliphatic heterocycles. The van der Waals surface area contributed by atoms with Gasteiger partial charge in [0.05, 0.1) is 0 Å². The first-order valence-electron chi connectivity index (χ1n) is 9.49. The summed E-state index contributed by atoms with van der Waals surface area (Å²) in [7, 11) is -1.33. The van der Waals surface area contributed by atoms with Crippen LogP contribution in [0.5, 0.6) is 0 Å². The minimum Gasteiger partial charge on any atom is -0.435 e. The molecule has 0 unspecified atom stereocenters. The van der Waals surface area contributed by atoms with Crippen molar-refractivity contribution < 1.29 is 4.80 Å². The maximum atomic E-state index is 10.1. The van der Waals surface area contributed by atoms with E-state index in [0.717, 1.165) is 0 Å². The fourth-order valence-corrected chi connectivity index (χ4v) is 4.63. The van der Waals surface area contributed by atoms with Crippen LogP contribution in [0.25, 0.3) is 0 Å². The molecule has 0 radical (unpaired) electrons. The van der Waals surface area contributed by atoms with E-state index in [-0.39, 0.29) is 0 Å².